The van der Waals surface area contributed by atoms with Crippen LogP contribution in [-0.2, 0) is 20.9 Å². The summed E-state index contributed by atoms with van der Waals surface area (Å²) in [6.45, 7) is 2.01. The van der Waals surface area contributed by atoms with E-state index < -0.39 is 12.1 Å². The summed E-state index contributed by atoms with van der Waals surface area (Å²) in [5.41, 5.74) is 0.903. The van der Waals surface area contributed by atoms with E-state index in [1.54, 1.807) is 14.0 Å². The summed E-state index contributed by atoms with van der Waals surface area (Å²) in [6, 6.07) is 7.35. The average molecular weight is 364 g/mol. The maximum Gasteiger partial charge on any atom is 0.328 e. The lowest BCUT2D eigenvalue weighted by Gasteiger charge is -2.16. The summed E-state index contributed by atoms with van der Waals surface area (Å²) >= 11 is 0. The number of carbonyl (C=O) groups excluding carboxylic acids is 1. The van der Waals surface area contributed by atoms with Crippen LogP contribution in [0.4, 0.5) is 0 Å². The first-order valence-corrected chi connectivity index (χ1v) is 8.79. The smallest absolute Gasteiger partial charge is 0.328 e. The number of ketones is 1. The van der Waals surface area contributed by atoms with Gasteiger partial charge in [0.05, 0.1) is 19.8 Å². The van der Waals surface area contributed by atoms with Crippen molar-refractivity contribution in [1.82, 2.24) is 0 Å². The summed E-state index contributed by atoms with van der Waals surface area (Å²) in [7, 11) is 1.59. The van der Waals surface area contributed by atoms with Crippen molar-refractivity contribution in [3.05, 3.63) is 42.0 Å². The van der Waals surface area contributed by atoms with Gasteiger partial charge in [-0.2, -0.15) is 0 Å². The van der Waals surface area contributed by atoms with E-state index in [1.807, 2.05) is 24.3 Å². The minimum Gasteiger partial charge on any atom is -0.497 e. The highest BCUT2D eigenvalue weighted by Gasteiger charge is 2.17. The normalized spacial score (nSPS) is 13.5. The molecule has 26 heavy (non-hydrogen) atoms. The third-order valence-electron chi connectivity index (χ3n) is 3.91. The molecule has 1 aromatic carbocycles. The molecule has 144 valence electrons. The third-order valence-corrected chi connectivity index (χ3v) is 3.91. The standard InChI is InChI=1S/C20H28O6/c1-15(21)6-4-3-5-7-19(18(22)12-13-20(23)24)26-14-16-8-10-17(25-2)11-9-16/h8-13,15,19,21H,3-7,14H2,1-2H3,(H,23,24)/b13-12+/t15-,19+/m0/s1. The van der Waals surface area contributed by atoms with E-state index >= 15 is 0 Å². The van der Waals surface area contributed by atoms with Gasteiger partial charge in [0.1, 0.15) is 11.9 Å². The van der Waals surface area contributed by atoms with E-state index in [1.165, 1.54) is 0 Å². The quantitative estimate of drug-likeness (QED) is 0.413. The Hall–Kier alpha value is -2.18. The van der Waals surface area contributed by atoms with E-state index in [2.05, 4.69) is 0 Å². The first-order valence-electron chi connectivity index (χ1n) is 8.79. The summed E-state index contributed by atoms with van der Waals surface area (Å²) in [4.78, 5) is 22.8. The fourth-order valence-electron chi connectivity index (χ4n) is 2.43. The fraction of sp³-hybridized carbons (Fsp3) is 0.500. The Labute approximate surface area is 154 Å². The Bertz CT molecular complexity index is 576. The van der Waals surface area contributed by atoms with Crippen LogP contribution in [-0.4, -0.2) is 41.3 Å². The molecule has 0 aliphatic heterocycles. The molecule has 0 aromatic heterocycles. The number of aliphatic hydroxyl groups excluding tert-OH is 1. The van der Waals surface area contributed by atoms with Gasteiger partial charge in [-0.05, 0) is 43.5 Å². The Balaban J connectivity index is 2.57. The maximum atomic E-state index is 12.2. The predicted octanol–water partition coefficient (Wildman–Crippen LogP) is 3.12. The number of unbranched alkanes of at least 4 members (excludes halogenated alkanes) is 2. The minimum atomic E-state index is -1.16. The molecule has 1 aromatic rings. The molecule has 0 saturated carbocycles. The largest absolute Gasteiger partial charge is 0.497 e. The van der Waals surface area contributed by atoms with Crippen molar-refractivity contribution in [2.75, 3.05) is 7.11 Å². The summed E-state index contributed by atoms with van der Waals surface area (Å²) in [5.74, 6) is -0.774. The van der Waals surface area contributed by atoms with E-state index in [0.29, 0.717) is 6.42 Å². The molecule has 0 aliphatic rings. The van der Waals surface area contributed by atoms with Crippen LogP contribution < -0.4 is 4.74 Å². The van der Waals surface area contributed by atoms with Crippen molar-refractivity contribution in [3.63, 3.8) is 0 Å². The molecule has 2 atom stereocenters. The number of benzene rings is 1. The van der Waals surface area contributed by atoms with Crippen LogP contribution in [0.2, 0.25) is 0 Å². The highest BCUT2D eigenvalue weighted by Crippen LogP contribution is 2.16. The zero-order chi connectivity index (χ0) is 19.4. The molecule has 0 heterocycles. The number of hydrogen-bond acceptors (Lipinski definition) is 5. The zero-order valence-corrected chi connectivity index (χ0v) is 15.4. The summed E-state index contributed by atoms with van der Waals surface area (Å²) < 4.78 is 10.8. The van der Waals surface area contributed by atoms with Gasteiger partial charge in [-0.3, -0.25) is 4.79 Å². The second-order valence-electron chi connectivity index (χ2n) is 6.21. The van der Waals surface area contributed by atoms with Crippen molar-refractivity contribution in [1.29, 1.82) is 0 Å². The Morgan fingerprint density at radius 1 is 1.08 bits per heavy atom. The number of aliphatic hydroxyl groups is 1. The maximum absolute atomic E-state index is 12.2. The third kappa shape index (κ3) is 9.34. The zero-order valence-electron chi connectivity index (χ0n) is 15.4. The van der Waals surface area contributed by atoms with E-state index in [9.17, 15) is 14.7 Å². The van der Waals surface area contributed by atoms with Gasteiger partial charge in [0.2, 0.25) is 0 Å². The molecular weight excluding hydrogens is 336 g/mol. The van der Waals surface area contributed by atoms with Crippen molar-refractivity contribution in [3.8, 4) is 5.75 Å². The van der Waals surface area contributed by atoms with Crippen molar-refractivity contribution in [2.45, 2.75) is 57.8 Å². The molecule has 0 fully saturated rings. The summed E-state index contributed by atoms with van der Waals surface area (Å²) in [6.07, 6.45) is 4.65. The van der Waals surface area contributed by atoms with Crippen LogP contribution in [0, 0.1) is 0 Å². The number of carboxylic acids is 1. The van der Waals surface area contributed by atoms with E-state index in [0.717, 1.165) is 49.1 Å². The lowest BCUT2D eigenvalue weighted by molar-refractivity contribution is -0.132. The Morgan fingerprint density at radius 2 is 1.73 bits per heavy atom. The van der Waals surface area contributed by atoms with Crippen LogP contribution in [0.15, 0.2) is 36.4 Å². The minimum absolute atomic E-state index is 0.259. The first-order chi connectivity index (χ1) is 12.4. The van der Waals surface area contributed by atoms with E-state index in [-0.39, 0.29) is 18.5 Å². The highest BCUT2D eigenvalue weighted by atomic mass is 16.5. The van der Waals surface area contributed by atoms with Crippen LogP contribution in [0.25, 0.3) is 0 Å². The monoisotopic (exact) mass is 364 g/mol. The number of hydrogen-bond donors (Lipinski definition) is 2. The number of carboxylic acid groups (broad SMARTS) is 1. The molecule has 0 unspecified atom stereocenters. The predicted molar refractivity (Wildman–Crippen MR) is 98.1 cm³/mol. The van der Waals surface area contributed by atoms with Gasteiger partial charge >= 0.3 is 5.97 Å². The fourth-order valence-corrected chi connectivity index (χ4v) is 2.43. The van der Waals surface area contributed by atoms with Gasteiger partial charge < -0.3 is 19.7 Å². The number of carbonyl (C=O) groups is 2. The number of aliphatic carboxylic acids is 1. The van der Waals surface area contributed by atoms with Gasteiger partial charge in [0, 0.05) is 6.08 Å². The molecule has 2 N–H and O–H groups in total. The van der Waals surface area contributed by atoms with Crippen molar-refractivity contribution < 1.29 is 29.3 Å². The number of rotatable bonds is 13. The van der Waals surface area contributed by atoms with Crippen LogP contribution in [0.5, 0.6) is 5.75 Å². The van der Waals surface area contributed by atoms with Gasteiger partial charge in [-0.15, -0.1) is 0 Å². The molecule has 0 spiro atoms. The van der Waals surface area contributed by atoms with Crippen LogP contribution >= 0.6 is 0 Å². The first kappa shape index (κ1) is 21.9. The molecule has 6 nitrogen and oxygen atoms in total. The molecule has 1 rings (SSSR count). The second-order valence-corrected chi connectivity index (χ2v) is 6.21. The molecule has 6 heteroatoms. The van der Waals surface area contributed by atoms with Crippen LogP contribution in [0.1, 0.15) is 44.6 Å². The lowest BCUT2D eigenvalue weighted by Crippen LogP contribution is -2.23. The molecule has 0 saturated heterocycles. The van der Waals surface area contributed by atoms with Crippen molar-refractivity contribution in [2.24, 2.45) is 0 Å². The van der Waals surface area contributed by atoms with Gasteiger partial charge in [-0.1, -0.05) is 31.4 Å². The van der Waals surface area contributed by atoms with Gasteiger partial charge in [0.25, 0.3) is 0 Å². The Morgan fingerprint density at radius 3 is 2.31 bits per heavy atom. The molecule has 0 bridgehead atoms. The summed E-state index contributed by atoms with van der Waals surface area (Å²) in [5, 5.41) is 18.0. The number of ether oxygens (including phenoxy) is 2. The topological polar surface area (TPSA) is 93.1 Å². The van der Waals surface area contributed by atoms with E-state index in [4.69, 9.17) is 14.6 Å². The van der Waals surface area contributed by atoms with Gasteiger partial charge in [-0.25, -0.2) is 4.79 Å². The lowest BCUT2D eigenvalue weighted by atomic mass is 10.0. The van der Waals surface area contributed by atoms with Gasteiger partial charge in [0.15, 0.2) is 5.78 Å². The highest BCUT2D eigenvalue weighted by molar-refractivity contribution is 5.97. The second kappa shape index (κ2) is 12.2. The molecular formula is C20H28O6. The molecule has 0 radical (unpaired) electrons. The Kier molecular flexibility index (Phi) is 10.3. The van der Waals surface area contributed by atoms with Crippen LogP contribution in [0.3, 0.4) is 0 Å². The number of methoxy groups -OCH3 is 1. The van der Waals surface area contributed by atoms with Crippen molar-refractivity contribution >= 4 is 11.8 Å². The SMILES string of the molecule is COc1ccc(CO[C@H](CCCCC[C@H](C)O)C(=O)/C=C/C(=O)O)cc1. The molecule has 0 amide bonds. The molecule has 0 aliphatic carbocycles. The average Bonchev–Trinajstić information content (AvgIpc) is 2.62.